The topological polar surface area (TPSA) is 64.1 Å². The van der Waals surface area contributed by atoms with Crippen molar-refractivity contribution in [1.29, 1.82) is 0 Å². The number of alkyl carbamates (subject to hydrolysis) is 1. The van der Waals surface area contributed by atoms with Crippen LogP contribution in [0.25, 0.3) is 0 Å². The van der Waals surface area contributed by atoms with Crippen molar-refractivity contribution in [2.24, 2.45) is 0 Å². The van der Waals surface area contributed by atoms with Gasteiger partial charge in [-0.25, -0.2) is 14.8 Å². The van der Waals surface area contributed by atoms with Gasteiger partial charge in [-0.1, -0.05) is 0 Å². The Balaban J connectivity index is 2.61. The summed E-state index contributed by atoms with van der Waals surface area (Å²) in [7, 11) is 0. The third-order valence-corrected chi connectivity index (χ3v) is 2.01. The normalized spacial score (nSPS) is 13.0. The second-order valence-corrected chi connectivity index (χ2v) is 4.96. The molecular weight excluding hydrogens is 242 g/mol. The molecule has 17 heavy (non-hydrogen) atoms. The Kier molecular flexibility index (Phi) is 4.28. The molecule has 0 aromatic carbocycles. The Hall–Kier alpha value is -1.36. The van der Waals surface area contributed by atoms with Crippen LogP contribution in [0.5, 0.6) is 0 Å². The maximum Gasteiger partial charge on any atom is 0.408 e. The van der Waals surface area contributed by atoms with Gasteiger partial charge in [0, 0.05) is 6.20 Å². The van der Waals surface area contributed by atoms with Crippen molar-refractivity contribution in [3.63, 3.8) is 0 Å². The molecule has 6 heteroatoms. The fourth-order valence-electron chi connectivity index (χ4n) is 1.15. The third-order valence-electron chi connectivity index (χ3n) is 1.82. The number of hydrogen-bond donors (Lipinski definition) is 1. The number of aromatic nitrogens is 2. The number of carbonyl (C=O) groups excluding carboxylic acids is 1. The summed E-state index contributed by atoms with van der Waals surface area (Å²) in [5, 5.41) is 2.82. The average molecular weight is 258 g/mol. The Morgan fingerprint density at radius 3 is 2.71 bits per heavy atom. The zero-order chi connectivity index (χ0) is 13.1. The van der Waals surface area contributed by atoms with Crippen LogP contribution in [0.2, 0.25) is 5.28 Å². The molecule has 1 aromatic heterocycles. The third kappa shape index (κ3) is 4.99. The van der Waals surface area contributed by atoms with Crippen molar-refractivity contribution in [1.82, 2.24) is 15.3 Å². The lowest BCUT2D eigenvalue weighted by Gasteiger charge is -2.21. The van der Waals surface area contributed by atoms with Crippen molar-refractivity contribution in [2.75, 3.05) is 0 Å². The Morgan fingerprint density at radius 1 is 1.53 bits per heavy atom. The molecule has 0 aliphatic heterocycles. The molecule has 0 aliphatic carbocycles. The second kappa shape index (κ2) is 5.31. The van der Waals surface area contributed by atoms with Crippen molar-refractivity contribution < 1.29 is 9.53 Å². The summed E-state index contributed by atoms with van der Waals surface area (Å²) in [6.07, 6.45) is 1.05. The van der Waals surface area contributed by atoms with E-state index in [1.165, 1.54) is 6.20 Å². The highest BCUT2D eigenvalue weighted by atomic mass is 35.5. The van der Waals surface area contributed by atoms with Crippen LogP contribution in [0.3, 0.4) is 0 Å². The predicted octanol–water partition coefficient (Wildman–Crippen LogP) is 2.72. The van der Waals surface area contributed by atoms with Crippen molar-refractivity contribution in [2.45, 2.75) is 39.3 Å². The number of hydrogen-bond acceptors (Lipinski definition) is 4. The zero-order valence-corrected chi connectivity index (χ0v) is 11.1. The molecule has 0 unspecified atom stereocenters. The maximum absolute atomic E-state index is 11.5. The SMILES string of the molecule is C[C@H](NC(=O)OC(C)(C)C)c1ccnc(Cl)n1. The van der Waals surface area contributed by atoms with Crippen LogP contribution in [0.1, 0.15) is 39.4 Å². The van der Waals surface area contributed by atoms with Crippen LogP contribution >= 0.6 is 11.6 Å². The molecule has 1 rings (SSSR count). The fraction of sp³-hybridized carbons (Fsp3) is 0.545. The van der Waals surface area contributed by atoms with Gasteiger partial charge in [0.15, 0.2) is 0 Å². The fourth-order valence-corrected chi connectivity index (χ4v) is 1.30. The smallest absolute Gasteiger partial charge is 0.408 e. The van der Waals surface area contributed by atoms with Gasteiger partial charge in [-0.2, -0.15) is 0 Å². The quantitative estimate of drug-likeness (QED) is 0.828. The summed E-state index contributed by atoms with van der Waals surface area (Å²) in [6.45, 7) is 7.21. The van der Waals surface area contributed by atoms with Gasteiger partial charge < -0.3 is 10.1 Å². The molecule has 5 nitrogen and oxygen atoms in total. The van der Waals surface area contributed by atoms with Gasteiger partial charge in [0.05, 0.1) is 11.7 Å². The predicted molar refractivity (Wildman–Crippen MR) is 64.8 cm³/mol. The van der Waals surface area contributed by atoms with Crippen LogP contribution in [0, 0.1) is 0 Å². The van der Waals surface area contributed by atoms with E-state index >= 15 is 0 Å². The van der Waals surface area contributed by atoms with E-state index in [2.05, 4.69) is 15.3 Å². The zero-order valence-electron chi connectivity index (χ0n) is 10.3. The minimum absolute atomic E-state index is 0.153. The van der Waals surface area contributed by atoms with Crippen molar-refractivity contribution >= 4 is 17.7 Å². The molecule has 0 saturated heterocycles. The van der Waals surface area contributed by atoms with Crippen LogP contribution in [-0.2, 0) is 4.74 Å². The van der Waals surface area contributed by atoms with E-state index in [9.17, 15) is 4.79 Å². The summed E-state index contributed by atoms with van der Waals surface area (Å²) < 4.78 is 5.13. The standard InChI is InChI=1S/C11H16ClN3O2/c1-7(8-5-6-13-9(12)15-8)14-10(16)17-11(2,3)4/h5-7H,1-4H3,(H,14,16)/t7-/m0/s1. The molecule has 0 spiro atoms. The maximum atomic E-state index is 11.5. The minimum atomic E-state index is -0.521. The first-order chi connectivity index (χ1) is 7.78. The first-order valence-corrected chi connectivity index (χ1v) is 5.64. The average Bonchev–Trinajstić information content (AvgIpc) is 2.14. The summed E-state index contributed by atoms with van der Waals surface area (Å²) in [4.78, 5) is 19.3. The molecule has 0 fully saturated rings. The van der Waals surface area contributed by atoms with E-state index in [0.29, 0.717) is 5.69 Å². The molecule has 0 bridgehead atoms. The Bertz CT molecular complexity index is 404. The van der Waals surface area contributed by atoms with E-state index in [1.54, 1.807) is 33.8 Å². The molecule has 1 amide bonds. The minimum Gasteiger partial charge on any atom is -0.444 e. The Labute approximate surface area is 106 Å². The van der Waals surface area contributed by atoms with Gasteiger partial charge in [-0.15, -0.1) is 0 Å². The highest BCUT2D eigenvalue weighted by molar-refractivity contribution is 6.28. The van der Waals surface area contributed by atoms with Crippen molar-refractivity contribution in [3.8, 4) is 0 Å². The number of nitrogens with zero attached hydrogens (tertiary/aromatic N) is 2. The molecule has 1 heterocycles. The highest BCUT2D eigenvalue weighted by Crippen LogP contribution is 2.12. The van der Waals surface area contributed by atoms with Gasteiger partial charge in [0.1, 0.15) is 5.60 Å². The lowest BCUT2D eigenvalue weighted by Crippen LogP contribution is -2.34. The molecule has 1 aromatic rings. The van der Waals surface area contributed by atoms with Gasteiger partial charge in [0.2, 0.25) is 5.28 Å². The van der Waals surface area contributed by atoms with Gasteiger partial charge in [-0.05, 0) is 45.4 Å². The number of halogens is 1. The van der Waals surface area contributed by atoms with E-state index in [0.717, 1.165) is 0 Å². The first kappa shape index (κ1) is 13.7. The molecule has 94 valence electrons. The summed E-state index contributed by atoms with van der Waals surface area (Å²) in [5.74, 6) is 0. The number of amides is 1. The van der Waals surface area contributed by atoms with Crippen LogP contribution in [0.15, 0.2) is 12.3 Å². The van der Waals surface area contributed by atoms with Gasteiger partial charge in [-0.3, -0.25) is 0 Å². The van der Waals surface area contributed by atoms with Crippen LogP contribution in [-0.4, -0.2) is 21.7 Å². The molecule has 1 atom stereocenters. The van der Waals surface area contributed by atoms with Crippen LogP contribution in [0.4, 0.5) is 4.79 Å². The molecule has 1 N–H and O–H groups in total. The van der Waals surface area contributed by atoms with Gasteiger partial charge in [0.25, 0.3) is 0 Å². The largest absolute Gasteiger partial charge is 0.444 e. The molecular formula is C11H16ClN3O2. The van der Waals surface area contributed by atoms with E-state index in [1.807, 2.05) is 0 Å². The van der Waals surface area contributed by atoms with Crippen molar-refractivity contribution in [3.05, 3.63) is 23.2 Å². The Morgan fingerprint density at radius 2 is 2.18 bits per heavy atom. The highest BCUT2D eigenvalue weighted by Gasteiger charge is 2.18. The summed E-state index contributed by atoms with van der Waals surface area (Å²) in [6, 6.07) is 1.40. The molecule has 0 aliphatic rings. The number of ether oxygens (including phenoxy) is 1. The monoisotopic (exact) mass is 257 g/mol. The van der Waals surface area contributed by atoms with Crippen LogP contribution < -0.4 is 5.32 Å². The lowest BCUT2D eigenvalue weighted by molar-refractivity contribution is 0.0507. The number of carbonyl (C=O) groups is 1. The van der Waals surface area contributed by atoms with E-state index in [-0.39, 0.29) is 11.3 Å². The van der Waals surface area contributed by atoms with E-state index < -0.39 is 11.7 Å². The summed E-state index contributed by atoms with van der Waals surface area (Å²) >= 11 is 5.67. The number of nitrogens with one attached hydrogen (secondary N) is 1. The lowest BCUT2D eigenvalue weighted by atomic mass is 10.2. The number of rotatable bonds is 2. The summed E-state index contributed by atoms with van der Waals surface area (Å²) in [5.41, 5.74) is 0.114. The van der Waals surface area contributed by atoms with E-state index in [4.69, 9.17) is 16.3 Å². The second-order valence-electron chi connectivity index (χ2n) is 4.62. The molecule has 0 saturated carbocycles. The molecule has 0 radical (unpaired) electrons. The first-order valence-electron chi connectivity index (χ1n) is 5.26. The van der Waals surface area contributed by atoms with Gasteiger partial charge >= 0.3 is 6.09 Å².